The highest BCUT2D eigenvalue weighted by Crippen LogP contribution is 2.35. The third-order valence-corrected chi connectivity index (χ3v) is 4.03. The summed E-state index contributed by atoms with van der Waals surface area (Å²) in [5, 5.41) is 1.64. The standard InChI is InChI=1S/C11H19Si/c1-11(2,3)9-7-6-8-10(9)12(4)5/h8,12H,6H2,1-5H3. The van der Waals surface area contributed by atoms with Crippen molar-refractivity contribution in [2.45, 2.75) is 40.3 Å². The molecule has 12 heavy (non-hydrogen) atoms. The molecule has 1 aliphatic rings. The van der Waals surface area contributed by atoms with Gasteiger partial charge in [0.15, 0.2) is 0 Å². The van der Waals surface area contributed by atoms with Gasteiger partial charge in [-0.1, -0.05) is 45.1 Å². The van der Waals surface area contributed by atoms with E-state index in [1.165, 1.54) is 5.57 Å². The van der Waals surface area contributed by atoms with E-state index in [1.807, 2.05) is 0 Å². The topological polar surface area (TPSA) is 0 Å². The van der Waals surface area contributed by atoms with Gasteiger partial charge in [-0.2, -0.15) is 0 Å². The van der Waals surface area contributed by atoms with E-state index in [0.717, 1.165) is 6.42 Å². The highest BCUT2D eigenvalue weighted by molar-refractivity contribution is 6.65. The largest absolute Gasteiger partial charge is 0.0809 e. The van der Waals surface area contributed by atoms with Gasteiger partial charge in [0.1, 0.15) is 0 Å². The molecule has 0 amide bonds. The molecule has 0 saturated carbocycles. The zero-order valence-electron chi connectivity index (χ0n) is 8.86. The average molecular weight is 179 g/mol. The van der Waals surface area contributed by atoms with Gasteiger partial charge in [0.25, 0.3) is 0 Å². The molecular weight excluding hydrogens is 160 g/mol. The van der Waals surface area contributed by atoms with Crippen LogP contribution in [0.25, 0.3) is 0 Å². The first kappa shape index (κ1) is 9.78. The minimum Gasteiger partial charge on any atom is -0.0809 e. The Bertz CT molecular complexity index is 226. The molecule has 67 valence electrons. The summed E-state index contributed by atoms with van der Waals surface area (Å²) in [7, 11) is -0.619. The first-order valence-corrected chi connectivity index (χ1v) is 7.63. The van der Waals surface area contributed by atoms with Crippen molar-refractivity contribution >= 4 is 8.80 Å². The van der Waals surface area contributed by atoms with Crippen LogP contribution in [0.4, 0.5) is 0 Å². The molecule has 0 spiro atoms. The van der Waals surface area contributed by atoms with E-state index in [1.54, 1.807) is 5.20 Å². The van der Waals surface area contributed by atoms with E-state index in [4.69, 9.17) is 0 Å². The Morgan fingerprint density at radius 3 is 2.25 bits per heavy atom. The van der Waals surface area contributed by atoms with Crippen LogP contribution in [-0.4, -0.2) is 8.80 Å². The Kier molecular flexibility index (Phi) is 2.62. The van der Waals surface area contributed by atoms with Gasteiger partial charge in [-0.3, -0.25) is 0 Å². The molecule has 1 heteroatoms. The molecule has 0 aromatic heterocycles. The average Bonchev–Trinajstić information content (AvgIpc) is 2.30. The maximum atomic E-state index is 3.49. The molecule has 1 aliphatic carbocycles. The second-order valence-corrected chi connectivity index (χ2v) is 7.75. The fourth-order valence-electron chi connectivity index (χ4n) is 1.69. The Morgan fingerprint density at radius 2 is 1.92 bits per heavy atom. The zero-order chi connectivity index (χ0) is 9.35. The van der Waals surface area contributed by atoms with E-state index in [9.17, 15) is 0 Å². The minimum absolute atomic E-state index is 0.305. The van der Waals surface area contributed by atoms with Crippen LogP contribution in [0.1, 0.15) is 27.2 Å². The number of allylic oxidation sites excluding steroid dienone is 4. The molecule has 0 N–H and O–H groups in total. The molecule has 1 radical (unpaired) electrons. The monoisotopic (exact) mass is 179 g/mol. The maximum absolute atomic E-state index is 3.49. The van der Waals surface area contributed by atoms with Crippen LogP contribution in [-0.2, 0) is 0 Å². The lowest BCUT2D eigenvalue weighted by Gasteiger charge is -2.24. The highest BCUT2D eigenvalue weighted by atomic mass is 28.3. The molecule has 0 aromatic rings. The van der Waals surface area contributed by atoms with Gasteiger partial charge in [-0.05, 0) is 23.5 Å². The van der Waals surface area contributed by atoms with Crippen molar-refractivity contribution in [1.82, 2.24) is 0 Å². The van der Waals surface area contributed by atoms with Crippen LogP contribution in [0.2, 0.25) is 13.1 Å². The summed E-state index contributed by atoms with van der Waals surface area (Å²) in [6, 6.07) is 0. The van der Waals surface area contributed by atoms with Crippen molar-refractivity contribution in [2.24, 2.45) is 5.41 Å². The SMILES string of the molecule is C[SiH](C)C1=CC[C]=C1C(C)(C)C. The summed E-state index contributed by atoms with van der Waals surface area (Å²) in [5.74, 6) is 0. The van der Waals surface area contributed by atoms with E-state index in [-0.39, 0.29) is 0 Å². The smallest absolute Gasteiger partial charge is 0.0647 e. The molecule has 0 fully saturated rings. The minimum atomic E-state index is -0.619. The molecule has 0 bridgehead atoms. The lowest BCUT2D eigenvalue weighted by Crippen LogP contribution is -2.17. The maximum Gasteiger partial charge on any atom is 0.0647 e. The van der Waals surface area contributed by atoms with Crippen molar-refractivity contribution in [3.8, 4) is 0 Å². The van der Waals surface area contributed by atoms with Crippen molar-refractivity contribution in [3.05, 3.63) is 22.9 Å². The van der Waals surface area contributed by atoms with Gasteiger partial charge in [-0.25, -0.2) is 0 Å². The van der Waals surface area contributed by atoms with Crippen LogP contribution in [0.3, 0.4) is 0 Å². The Balaban J connectivity index is 2.88. The summed E-state index contributed by atoms with van der Waals surface area (Å²) in [6.07, 6.45) is 6.91. The number of rotatable bonds is 1. The highest BCUT2D eigenvalue weighted by Gasteiger charge is 2.24. The van der Waals surface area contributed by atoms with Crippen LogP contribution < -0.4 is 0 Å². The Labute approximate surface area is 78.0 Å². The van der Waals surface area contributed by atoms with Crippen molar-refractivity contribution in [1.29, 1.82) is 0 Å². The van der Waals surface area contributed by atoms with Gasteiger partial charge < -0.3 is 0 Å². The van der Waals surface area contributed by atoms with Crippen LogP contribution in [0.5, 0.6) is 0 Å². The summed E-state index contributed by atoms with van der Waals surface area (Å²) >= 11 is 0. The number of hydrogen-bond acceptors (Lipinski definition) is 0. The Morgan fingerprint density at radius 1 is 1.33 bits per heavy atom. The molecule has 0 nitrogen and oxygen atoms in total. The third kappa shape index (κ3) is 1.89. The summed E-state index contributed by atoms with van der Waals surface area (Å²) in [6.45, 7) is 11.6. The molecule has 0 aliphatic heterocycles. The predicted molar refractivity (Wildman–Crippen MR) is 57.8 cm³/mol. The normalized spacial score (nSPS) is 18.2. The zero-order valence-corrected chi connectivity index (χ0v) is 10.0. The van der Waals surface area contributed by atoms with Gasteiger partial charge in [-0.15, -0.1) is 0 Å². The Hall–Kier alpha value is -0.303. The lowest BCUT2D eigenvalue weighted by atomic mass is 9.87. The molecule has 0 unspecified atom stereocenters. The second kappa shape index (κ2) is 3.21. The van der Waals surface area contributed by atoms with Gasteiger partial charge >= 0.3 is 0 Å². The number of hydrogen-bond donors (Lipinski definition) is 0. The lowest BCUT2D eigenvalue weighted by molar-refractivity contribution is 0.513. The molecule has 1 rings (SSSR count). The second-order valence-electron chi connectivity index (χ2n) is 4.82. The fourth-order valence-corrected chi connectivity index (χ4v) is 3.39. The van der Waals surface area contributed by atoms with Crippen molar-refractivity contribution < 1.29 is 0 Å². The van der Waals surface area contributed by atoms with E-state index >= 15 is 0 Å². The fraction of sp³-hybridized carbons (Fsp3) is 0.636. The van der Waals surface area contributed by atoms with E-state index in [2.05, 4.69) is 46.0 Å². The van der Waals surface area contributed by atoms with Crippen LogP contribution in [0, 0.1) is 11.5 Å². The quantitative estimate of drug-likeness (QED) is 0.543. The summed E-state index contributed by atoms with van der Waals surface area (Å²) in [5.41, 5.74) is 1.80. The van der Waals surface area contributed by atoms with Crippen LogP contribution >= 0.6 is 0 Å². The molecule has 0 saturated heterocycles. The molecular formula is C11H19Si. The van der Waals surface area contributed by atoms with Crippen molar-refractivity contribution in [3.63, 3.8) is 0 Å². The molecule has 0 atom stereocenters. The van der Waals surface area contributed by atoms with E-state index < -0.39 is 8.80 Å². The first-order valence-electron chi connectivity index (χ1n) is 4.74. The van der Waals surface area contributed by atoms with Crippen molar-refractivity contribution in [2.75, 3.05) is 0 Å². The first-order chi connectivity index (χ1) is 5.43. The van der Waals surface area contributed by atoms with Crippen LogP contribution in [0.15, 0.2) is 16.8 Å². The van der Waals surface area contributed by atoms with Gasteiger partial charge in [0, 0.05) is 0 Å². The molecule has 0 heterocycles. The van der Waals surface area contributed by atoms with E-state index in [0.29, 0.717) is 5.41 Å². The van der Waals surface area contributed by atoms with Gasteiger partial charge in [0.2, 0.25) is 0 Å². The predicted octanol–water partition coefficient (Wildman–Crippen LogP) is 3.12. The summed E-state index contributed by atoms with van der Waals surface area (Å²) < 4.78 is 0. The summed E-state index contributed by atoms with van der Waals surface area (Å²) in [4.78, 5) is 0. The van der Waals surface area contributed by atoms with Gasteiger partial charge in [0.05, 0.1) is 8.80 Å². The third-order valence-electron chi connectivity index (χ3n) is 2.26. The molecule has 0 aromatic carbocycles.